The molecule has 0 aromatic rings. The van der Waals surface area contributed by atoms with Gasteiger partial charge >= 0.3 is 5.97 Å². The van der Waals surface area contributed by atoms with E-state index >= 15 is 0 Å². The minimum atomic E-state index is -1.58. The van der Waals surface area contributed by atoms with Crippen LogP contribution < -0.4 is 5.32 Å². The Kier molecular flexibility index (Phi) is 48.2. The fourth-order valence-electron chi connectivity index (χ4n) is 9.01. The minimum Gasteiger partial charge on any atom is -0.466 e. The van der Waals surface area contributed by atoms with Crippen LogP contribution in [-0.2, 0) is 23.8 Å². The lowest BCUT2D eigenvalue weighted by molar-refractivity contribution is -0.302. The first-order valence-corrected chi connectivity index (χ1v) is 30.1. The number of hydrogen-bond donors (Lipinski definition) is 6. The highest BCUT2D eigenvalue weighted by molar-refractivity contribution is 5.76. The van der Waals surface area contributed by atoms with Crippen LogP contribution in [0.15, 0.2) is 60.8 Å². The third-order valence-electron chi connectivity index (χ3n) is 13.9. The topological polar surface area (TPSA) is 175 Å². The number of ether oxygens (including phenoxy) is 3. The number of hydrogen-bond acceptors (Lipinski definition) is 10. The van der Waals surface area contributed by atoms with E-state index in [1.807, 2.05) is 6.08 Å². The van der Waals surface area contributed by atoms with E-state index < -0.39 is 49.5 Å². The van der Waals surface area contributed by atoms with Crippen molar-refractivity contribution in [1.82, 2.24) is 5.32 Å². The molecule has 0 spiro atoms. The summed E-state index contributed by atoms with van der Waals surface area (Å²) in [5.41, 5.74) is 0. The predicted molar refractivity (Wildman–Crippen MR) is 301 cm³/mol. The average molecular weight is 1030 g/mol. The Morgan fingerprint density at radius 1 is 0.507 bits per heavy atom. The van der Waals surface area contributed by atoms with E-state index in [0.717, 1.165) is 89.9 Å². The third-order valence-corrected chi connectivity index (χ3v) is 13.9. The molecule has 0 bridgehead atoms. The van der Waals surface area contributed by atoms with Crippen molar-refractivity contribution in [3.63, 3.8) is 0 Å². The standard InChI is InChI=1S/C62H111NO10/c1-3-5-7-9-11-13-15-16-22-25-29-32-36-40-44-48-55(65)54(53-72-62-61(70)60(69)59(68)56(52-64)73-62)63-57(66)49-45-41-37-33-30-26-23-20-18-17-19-21-24-27-31-35-39-43-47-51-71-58(67)50-46-42-38-34-28-14-12-10-8-6-4-2/h10,12,21,24,27,29,31-32,44,48,54-56,59-62,64-65,68-70H,3-9,11,13-20,22-23,25-26,28,30,33-43,45-47,49-53H2,1-2H3,(H,63,66)/b12-10-,24-21-,31-27-,32-29+,48-44+. The zero-order valence-corrected chi connectivity index (χ0v) is 46.6. The van der Waals surface area contributed by atoms with Gasteiger partial charge in [-0.05, 0) is 96.3 Å². The Hall–Kier alpha value is -2.64. The van der Waals surface area contributed by atoms with Crippen LogP contribution in [-0.4, -0.2) is 100 Å². The van der Waals surface area contributed by atoms with Gasteiger partial charge in [0.25, 0.3) is 0 Å². The largest absolute Gasteiger partial charge is 0.466 e. The summed E-state index contributed by atoms with van der Waals surface area (Å²) in [6.45, 7) is 4.23. The molecule has 1 rings (SSSR count). The monoisotopic (exact) mass is 1030 g/mol. The molecule has 0 aromatic heterocycles. The van der Waals surface area contributed by atoms with Gasteiger partial charge in [-0.1, -0.05) is 209 Å². The molecule has 1 fully saturated rings. The lowest BCUT2D eigenvalue weighted by Gasteiger charge is -2.40. The van der Waals surface area contributed by atoms with Crippen molar-refractivity contribution < 1.29 is 49.3 Å². The molecule has 7 atom stereocenters. The molecule has 1 aliphatic rings. The Morgan fingerprint density at radius 3 is 1.48 bits per heavy atom. The maximum Gasteiger partial charge on any atom is 0.305 e. The molecule has 0 radical (unpaired) electrons. The van der Waals surface area contributed by atoms with Crippen molar-refractivity contribution in [2.45, 2.75) is 301 Å². The fraction of sp³-hybridized carbons (Fsp3) is 0.806. The van der Waals surface area contributed by atoms with Crippen LogP contribution in [0.25, 0.3) is 0 Å². The van der Waals surface area contributed by atoms with E-state index in [1.54, 1.807) is 6.08 Å². The van der Waals surface area contributed by atoms with Gasteiger partial charge in [-0.3, -0.25) is 9.59 Å². The maximum atomic E-state index is 13.0. The molecule has 1 saturated heterocycles. The predicted octanol–water partition coefficient (Wildman–Crippen LogP) is 13.8. The second-order valence-electron chi connectivity index (χ2n) is 20.7. The van der Waals surface area contributed by atoms with Crippen molar-refractivity contribution in [2.75, 3.05) is 19.8 Å². The lowest BCUT2D eigenvalue weighted by Crippen LogP contribution is -2.60. The van der Waals surface area contributed by atoms with Gasteiger partial charge in [-0.15, -0.1) is 0 Å². The Labute approximate surface area is 446 Å². The van der Waals surface area contributed by atoms with E-state index in [1.165, 1.54) is 141 Å². The summed E-state index contributed by atoms with van der Waals surface area (Å²) >= 11 is 0. The maximum absolute atomic E-state index is 13.0. The number of carbonyl (C=O) groups excluding carboxylic acids is 2. The number of aliphatic hydroxyl groups is 5. The van der Waals surface area contributed by atoms with E-state index in [9.17, 15) is 35.1 Å². The molecule has 11 heteroatoms. The number of rotatable bonds is 51. The van der Waals surface area contributed by atoms with Crippen LogP contribution in [0.2, 0.25) is 0 Å². The normalized spacial score (nSPS) is 19.4. The third kappa shape index (κ3) is 41.2. The molecule has 0 aromatic carbocycles. The first kappa shape index (κ1) is 68.4. The summed E-state index contributed by atoms with van der Waals surface area (Å²) < 4.78 is 16.7. The number of unbranched alkanes of at least 4 members (excludes halogenated alkanes) is 30. The molecule has 0 aliphatic carbocycles. The molecular weight excluding hydrogens is 919 g/mol. The van der Waals surface area contributed by atoms with Crippen molar-refractivity contribution in [3.8, 4) is 0 Å². The van der Waals surface area contributed by atoms with Crippen LogP contribution in [0.1, 0.15) is 258 Å². The number of esters is 1. The van der Waals surface area contributed by atoms with E-state index in [2.05, 4.69) is 67.8 Å². The van der Waals surface area contributed by atoms with Crippen LogP contribution in [0.5, 0.6) is 0 Å². The summed E-state index contributed by atoms with van der Waals surface area (Å²) in [4.78, 5) is 25.0. The molecule has 1 amide bonds. The smallest absolute Gasteiger partial charge is 0.305 e. The number of carbonyl (C=O) groups is 2. The quantitative estimate of drug-likeness (QED) is 0.0149. The van der Waals surface area contributed by atoms with Gasteiger partial charge in [0.05, 0.1) is 32.0 Å². The molecular formula is C62H111NO10. The first-order chi connectivity index (χ1) is 35.7. The van der Waals surface area contributed by atoms with E-state index in [4.69, 9.17) is 14.2 Å². The first-order valence-electron chi connectivity index (χ1n) is 30.1. The van der Waals surface area contributed by atoms with E-state index in [-0.39, 0.29) is 18.5 Å². The molecule has 1 heterocycles. The van der Waals surface area contributed by atoms with Crippen LogP contribution in [0.3, 0.4) is 0 Å². The Bertz CT molecular complexity index is 1400. The summed E-state index contributed by atoms with van der Waals surface area (Å²) in [5, 5.41) is 54.4. The van der Waals surface area contributed by atoms with Crippen LogP contribution in [0.4, 0.5) is 0 Å². The fourth-order valence-corrected chi connectivity index (χ4v) is 9.01. The lowest BCUT2D eigenvalue weighted by atomic mass is 9.99. The van der Waals surface area contributed by atoms with E-state index in [0.29, 0.717) is 19.4 Å². The second kappa shape index (κ2) is 51.5. The van der Waals surface area contributed by atoms with Crippen LogP contribution >= 0.6 is 0 Å². The highest BCUT2D eigenvalue weighted by Crippen LogP contribution is 2.23. The molecule has 0 saturated carbocycles. The van der Waals surface area contributed by atoms with Crippen molar-refractivity contribution >= 4 is 11.9 Å². The molecule has 7 unspecified atom stereocenters. The summed E-state index contributed by atoms with van der Waals surface area (Å²) in [6, 6.07) is -0.837. The number of allylic oxidation sites excluding steroid dienone is 9. The highest BCUT2D eigenvalue weighted by Gasteiger charge is 2.44. The second-order valence-corrected chi connectivity index (χ2v) is 20.7. The van der Waals surface area contributed by atoms with Gasteiger partial charge in [0.15, 0.2) is 6.29 Å². The number of aliphatic hydroxyl groups excluding tert-OH is 5. The van der Waals surface area contributed by atoms with Gasteiger partial charge in [-0.2, -0.15) is 0 Å². The zero-order valence-electron chi connectivity index (χ0n) is 46.6. The van der Waals surface area contributed by atoms with Crippen molar-refractivity contribution in [2.24, 2.45) is 0 Å². The SMILES string of the molecule is CCCC/C=C\CCCCCCCC(=O)OCCCCC/C=C\C=C/CCCCCCCCCCCCC(=O)NC(COC1OC(CO)C(O)C(O)C1O)C(O)/C=C/CC/C=C/CCCCCCCCCCC. The Balaban J connectivity index is 2.16. The summed E-state index contributed by atoms with van der Waals surface area (Å²) in [7, 11) is 0. The van der Waals surface area contributed by atoms with Gasteiger partial charge in [0.2, 0.25) is 5.91 Å². The molecule has 73 heavy (non-hydrogen) atoms. The average Bonchev–Trinajstić information content (AvgIpc) is 3.39. The van der Waals surface area contributed by atoms with Crippen molar-refractivity contribution in [3.05, 3.63) is 60.8 Å². The highest BCUT2D eigenvalue weighted by atomic mass is 16.7. The molecule has 424 valence electrons. The van der Waals surface area contributed by atoms with Crippen LogP contribution in [0, 0.1) is 0 Å². The van der Waals surface area contributed by atoms with Crippen molar-refractivity contribution in [1.29, 1.82) is 0 Å². The number of nitrogens with one attached hydrogen (secondary N) is 1. The van der Waals surface area contributed by atoms with Gasteiger partial charge < -0.3 is 45.1 Å². The van der Waals surface area contributed by atoms with Gasteiger partial charge in [-0.25, -0.2) is 0 Å². The molecule has 11 nitrogen and oxygen atoms in total. The Morgan fingerprint density at radius 2 is 0.945 bits per heavy atom. The minimum absolute atomic E-state index is 0.0406. The van der Waals surface area contributed by atoms with Gasteiger partial charge in [0.1, 0.15) is 24.4 Å². The molecule has 1 aliphatic heterocycles. The van der Waals surface area contributed by atoms with Gasteiger partial charge in [0, 0.05) is 12.8 Å². The zero-order chi connectivity index (χ0) is 53.1. The molecule has 6 N–H and O–H groups in total. The summed E-state index contributed by atoms with van der Waals surface area (Å²) in [6.07, 6.45) is 55.9. The number of amides is 1. The summed E-state index contributed by atoms with van der Waals surface area (Å²) in [5.74, 6) is -0.243.